The minimum absolute atomic E-state index is 0. The summed E-state index contributed by atoms with van der Waals surface area (Å²) in [5.41, 5.74) is 8.29. The Morgan fingerprint density at radius 1 is 1.18 bits per heavy atom. The molecule has 0 saturated carbocycles. The van der Waals surface area contributed by atoms with Gasteiger partial charge in [-0.1, -0.05) is 30.3 Å². The monoisotopic (exact) mass is 341 g/mol. The number of hydrogen-bond donors (Lipinski definition) is 1. The van der Waals surface area contributed by atoms with Crippen molar-refractivity contribution in [1.29, 1.82) is 0 Å². The highest BCUT2D eigenvalue weighted by molar-refractivity contribution is 5.94. The first-order chi connectivity index (χ1) is 9.70. The average Bonchev–Trinajstić information content (AvgIpc) is 2.47. The minimum atomic E-state index is -0.0319. The number of nitrogens with zero attached hydrogens (tertiary/aromatic N) is 2. The summed E-state index contributed by atoms with van der Waals surface area (Å²) in [6.07, 6.45) is 3.34. The van der Waals surface area contributed by atoms with Gasteiger partial charge in [0.2, 0.25) is 0 Å². The molecule has 1 heterocycles. The van der Waals surface area contributed by atoms with E-state index in [1.54, 1.807) is 17.3 Å². The van der Waals surface area contributed by atoms with Crippen molar-refractivity contribution in [3.05, 3.63) is 65.5 Å². The van der Waals surface area contributed by atoms with Gasteiger partial charge in [-0.3, -0.25) is 9.78 Å². The van der Waals surface area contributed by atoms with E-state index < -0.39 is 0 Å². The van der Waals surface area contributed by atoms with E-state index >= 15 is 0 Å². The van der Waals surface area contributed by atoms with Gasteiger partial charge in [-0.05, 0) is 24.1 Å². The molecule has 0 spiro atoms. The molecule has 0 fully saturated rings. The number of benzene rings is 1. The molecule has 0 radical (unpaired) electrons. The Morgan fingerprint density at radius 2 is 1.86 bits per heavy atom. The van der Waals surface area contributed by atoms with E-state index in [9.17, 15) is 4.79 Å². The molecule has 0 saturated heterocycles. The Hall–Kier alpha value is -1.62. The van der Waals surface area contributed by atoms with E-state index in [-0.39, 0.29) is 30.7 Å². The van der Waals surface area contributed by atoms with Crippen LogP contribution in [0.15, 0.2) is 48.8 Å². The summed E-state index contributed by atoms with van der Waals surface area (Å²) in [6, 6.07) is 11.8. The van der Waals surface area contributed by atoms with Crippen molar-refractivity contribution in [1.82, 2.24) is 9.88 Å². The highest BCUT2D eigenvalue weighted by atomic mass is 35.5. The Kier molecular flexibility index (Phi) is 9.42. The molecule has 2 aromatic rings. The van der Waals surface area contributed by atoms with Crippen LogP contribution in [-0.2, 0) is 6.54 Å². The number of halogens is 2. The second-order valence-corrected chi connectivity index (χ2v) is 4.75. The van der Waals surface area contributed by atoms with Gasteiger partial charge in [-0.25, -0.2) is 0 Å². The van der Waals surface area contributed by atoms with Gasteiger partial charge in [0.1, 0.15) is 0 Å². The quantitative estimate of drug-likeness (QED) is 0.909. The Labute approximate surface area is 143 Å². The molecule has 0 aliphatic heterocycles. The predicted octanol–water partition coefficient (Wildman–Crippen LogP) is 2.83. The lowest BCUT2D eigenvalue weighted by Gasteiger charge is -2.22. The molecule has 2 N–H and O–H groups in total. The summed E-state index contributed by atoms with van der Waals surface area (Å²) in [5.74, 6) is -0.0319. The van der Waals surface area contributed by atoms with Crippen molar-refractivity contribution < 1.29 is 4.79 Å². The summed E-state index contributed by atoms with van der Waals surface area (Å²) < 4.78 is 0. The molecular formula is C16H21Cl2N3O. The van der Waals surface area contributed by atoms with Crippen molar-refractivity contribution in [2.45, 2.75) is 13.5 Å². The molecule has 1 amide bonds. The molecule has 6 heteroatoms. The Balaban J connectivity index is 0.00000220. The first-order valence-corrected chi connectivity index (χ1v) is 6.65. The van der Waals surface area contributed by atoms with Crippen LogP contribution < -0.4 is 5.73 Å². The highest BCUT2D eigenvalue weighted by Crippen LogP contribution is 2.10. The number of pyridine rings is 1. The zero-order valence-corrected chi connectivity index (χ0v) is 14.1. The molecule has 1 aromatic carbocycles. The van der Waals surface area contributed by atoms with Crippen molar-refractivity contribution >= 4 is 30.7 Å². The van der Waals surface area contributed by atoms with E-state index in [4.69, 9.17) is 5.73 Å². The molecule has 0 aliphatic rings. The molecular weight excluding hydrogens is 321 g/mol. The molecule has 2 rings (SSSR count). The maximum absolute atomic E-state index is 12.5. The van der Waals surface area contributed by atoms with Gasteiger partial charge in [0, 0.05) is 32.0 Å². The Morgan fingerprint density at radius 3 is 2.45 bits per heavy atom. The van der Waals surface area contributed by atoms with Crippen LogP contribution in [0.2, 0.25) is 0 Å². The van der Waals surface area contributed by atoms with Crippen molar-refractivity contribution in [3.8, 4) is 0 Å². The van der Waals surface area contributed by atoms with Gasteiger partial charge in [0.05, 0.1) is 5.56 Å². The lowest BCUT2D eigenvalue weighted by atomic mass is 10.1. The molecule has 22 heavy (non-hydrogen) atoms. The highest BCUT2D eigenvalue weighted by Gasteiger charge is 2.15. The summed E-state index contributed by atoms with van der Waals surface area (Å²) in [7, 11) is 0. The standard InChI is InChI=1S/C16H19N3O.2ClH/c1-13-9-15(11-18-10-13)16(20)19(8-7-17)12-14-5-3-2-4-6-14;;/h2-6,9-11H,7-8,12,17H2,1H3;2*1H. The van der Waals surface area contributed by atoms with Crippen LogP contribution in [0.1, 0.15) is 21.5 Å². The molecule has 0 aliphatic carbocycles. The van der Waals surface area contributed by atoms with Gasteiger partial charge < -0.3 is 10.6 Å². The third-order valence-corrected chi connectivity index (χ3v) is 3.02. The number of carbonyl (C=O) groups excluding carboxylic acids is 1. The number of hydrogen-bond acceptors (Lipinski definition) is 3. The first-order valence-electron chi connectivity index (χ1n) is 6.65. The predicted molar refractivity (Wildman–Crippen MR) is 93.7 cm³/mol. The zero-order valence-electron chi connectivity index (χ0n) is 12.4. The molecule has 120 valence electrons. The van der Waals surface area contributed by atoms with Crippen molar-refractivity contribution in [2.75, 3.05) is 13.1 Å². The smallest absolute Gasteiger partial charge is 0.255 e. The topological polar surface area (TPSA) is 59.2 Å². The molecule has 4 nitrogen and oxygen atoms in total. The fourth-order valence-corrected chi connectivity index (χ4v) is 2.07. The summed E-state index contributed by atoms with van der Waals surface area (Å²) in [4.78, 5) is 18.4. The van der Waals surface area contributed by atoms with E-state index in [1.807, 2.05) is 43.3 Å². The first kappa shape index (κ1) is 20.4. The van der Waals surface area contributed by atoms with Crippen LogP contribution >= 0.6 is 24.8 Å². The second kappa shape index (κ2) is 10.2. The molecule has 1 aromatic heterocycles. The fourth-order valence-electron chi connectivity index (χ4n) is 2.07. The normalized spacial score (nSPS) is 9.36. The van der Waals surface area contributed by atoms with Crippen LogP contribution in [0.4, 0.5) is 0 Å². The van der Waals surface area contributed by atoms with Crippen LogP contribution in [0.25, 0.3) is 0 Å². The average molecular weight is 342 g/mol. The van der Waals surface area contributed by atoms with Gasteiger partial charge in [0.15, 0.2) is 0 Å². The fraction of sp³-hybridized carbons (Fsp3) is 0.250. The van der Waals surface area contributed by atoms with E-state index in [1.165, 1.54) is 0 Å². The van der Waals surface area contributed by atoms with Gasteiger partial charge in [-0.15, -0.1) is 24.8 Å². The number of aromatic nitrogens is 1. The third-order valence-electron chi connectivity index (χ3n) is 3.02. The van der Waals surface area contributed by atoms with E-state index in [0.29, 0.717) is 25.2 Å². The van der Waals surface area contributed by atoms with Crippen LogP contribution in [0.5, 0.6) is 0 Å². The van der Waals surface area contributed by atoms with Crippen LogP contribution in [-0.4, -0.2) is 28.9 Å². The van der Waals surface area contributed by atoms with E-state index in [0.717, 1.165) is 11.1 Å². The number of rotatable bonds is 5. The number of nitrogens with two attached hydrogens (primary N) is 1. The summed E-state index contributed by atoms with van der Waals surface area (Å²) in [6.45, 7) is 3.46. The van der Waals surface area contributed by atoms with Gasteiger partial charge >= 0.3 is 0 Å². The maximum atomic E-state index is 12.5. The van der Waals surface area contributed by atoms with Crippen LogP contribution in [0.3, 0.4) is 0 Å². The maximum Gasteiger partial charge on any atom is 0.255 e. The SMILES string of the molecule is Cc1cncc(C(=O)N(CCN)Cc2ccccc2)c1.Cl.Cl. The lowest BCUT2D eigenvalue weighted by molar-refractivity contribution is 0.0747. The second-order valence-electron chi connectivity index (χ2n) is 4.75. The molecule has 0 bridgehead atoms. The minimum Gasteiger partial charge on any atom is -0.333 e. The summed E-state index contributed by atoms with van der Waals surface area (Å²) in [5, 5.41) is 0. The van der Waals surface area contributed by atoms with Crippen molar-refractivity contribution in [3.63, 3.8) is 0 Å². The largest absolute Gasteiger partial charge is 0.333 e. The number of carbonyl (C=O) groups is 1. The third kappa shape index (κ3) is 5.64. The number of amides is 1. The van der Waals surface area contributed by atoms with Crippen molar-refractivity contribution in [2.24, 2.45) is 5.73 Å². The summed E-state index contributed by atoms with van der Waals surface area (Å²) >= 11 is 0. The van der Waals surface area contributed by atoms with E-state index in [2.05, 4.69) is 4.98 Å². The zero-order chi connectivity index (χ0) is 14.4. The van der Waals surface area contributed by atoms with Crippen LogP contribution in [0, 0.1) is 6.92 Å². The van der Waals surface area contributed by atoms with Gasteiger partial charge in [-0.2, -0.15) is 0 Å². The van der Waals surface area contributed by atoms with Gasteiger partial charge in [0.25, 0.3) is 5.91 Å². The number of aryl methyl sites for hydroxylation is 1. The molecule has 0 atom stereocenters. The lowest BCUT2D eigenvalue weighted by Crippen LogP contribution is -2.35. The Bertz CT molecular complexity index is 579. The molecule has 0 unspecified atom stereocenters.